The van der Waals surface area contributed by atoms with Crippen molar-refractivity contribution in [2.75, 3.05) is 26.7 Å². The average molecular weight is 251 g/mol. The van der Waals surface area contributed by atoms with Gasteiger partial charge in [0.25, 0.3) is 0 Å². The van der Waals surface area contributed by atoms with Crippen molar-refractivity contribution in [1.29, 1.82) is 0 Å². The topological polar surface area (TPSA) is 29.5 Å². The van der Waals surface area contributed by atoms with Crippen LogP contribution >= 0.6 is 0 Å². The standard InChI is InChI=1S/C14H18FNO2/c1-9-6-10(2)13(11(15)7-9)14(17)12-8-16(3)4-5-18-12/h6-7,12H,4-5,8H2,1-3H3. The molecule has 1 aromatic rings. The molecule has 3 nitrogen and oxygen atoms in total. The number of nitrogens with zero attached hydrogens (tertiary/aromatic N) is 1. The van der Waals surface area contributed by atoms with Gasteiger partial charge in [-0.15, -0.1) is 0 Å². The van der Waals surface area contributed by atoms with Crippen LogP contribution < -0.4 is 0 Å². The number of benzene rings is 1. The van der Waals surface area contributed by atoms with E-state index in [0.717, 1.165) is 12.1 Å². The molecule has 0 amide bonds. The van der Waals surface area contributed by atoms with Crippen molar-refractivity contribution in [3.05, 3.63) is 34.6 Å². The van der Waals surface area contributed by atoms with E-state index in [1.807, 2.05) is 24.9 Å². The first-order chi connectivity index (χ1) is 8.49. The van der Waals surface area contributed by atoms with Crippen LogP contribution in [0.2, 0.25) is 0 Å². The van der Waals surface area contributed by atoms with Crippen LogP contribution in [-0.2, 0) is 4.74 Å². The number of rotatable bonds is 2. The summed E-state index contributed by atoms with van der Waals surface area (Å²) in [6, 6.07) is 3.22. The summed E-state index contributed by atoms with van der Waals surface area (Å²) in [6.07, 6.45) is -0.556. The van der Waals surface area contributed by atoms with Crippen LogP contribution in [0.25, 0.3) is 0 Å². The highest BCUT2D eigenvalue weighted by atomic mass is 19.1. The summed E-state index contributed by atoms with van der Waals surface area (Å²) in [5.41, 5.74) is 1.67. The molecule has 98 valence electrons. The zero-order valence-corrected chi connectivity index (χ0v) is 11.0. The lowest BCUT2D eigenvalue weighted by atomic mass is 9.97. The molecule has 0 bridgehead atoms. The maximum Gasteiger partial charge on any atom is 0.196 e. The number of likely N-dealkylation sites (N-methyl/N-ethyl adjacent to an activating group) is 1. The Morgan fingerprint density at radius 2 is 2.17 bits per heavy atom. The number of hydrogen-bond donors (Lipinski definition) is 0. The van der Waals surface area contributed by atoms with E-state index in [9.17, 15) is 9.18 Å². The van der Waals surface area contributed by atoms with Crippen LogP contribution in [0.5, 0.6) is 0 Å². The molecule has 1 saturated heterocycles. The molecule has 1 atom stereocenters. The van der Waals surface area contributed by atoms with Gasteiger partial charge in [-0.05, 0) is 38.1 Å². The van der Waals surface area contributed by atoms with Crippen molar-refractivity contribution in [1.82, 2.24) is 4.90 Å². The van der Waals surface area contributed by atoms with Gasteiger partial charge in [0, 0.05) is 13.1 Å². The largest absolute Gasteiger partial charge is 0.367 e. The fourth-order valence-corrected chi connectivity index (χ4v) is 2.33. The van der Waals surface area contributed by atoms with Gasteiger partial charge in [-0.1, -0.05) is 6.07 Å². The van der Waals surface area contributed by atoms with Crippen molar-refractivity contribution < 1.29 is 13.9 Å². The van der Waals surface area contributed by atoms with E-state index >= 15 is 0 Å². The van der Waals surface area contributed by atoms with Crippen molar-refractivity contribution in [2.24, 2.45) is 0 Å². The van der Waals surface area contributed by atoms with E-state index < -0.39 is 11.9 Å². The van der Waals surface area contributed by atoms with E-state index in [-0.39, 0.29) is 11.3 Å². The van der Waals surface area contributed by atoms with Crippen LogP contribution in [0.15, 0.2) is 12.1 Å². The van der Waals surface area contributed by atoms with Crippen LogP contribution in [0.4, 0.5) is 4.39 Å². The minimum Gasteiger partial charge on any atom is -0.367 e. The van der Waals surface area contributed by atoms with Crippen molar-refractivity contribution >= 4 is 5.78 Å². The molecule has 1 fully saturated rings. The predicted molar refractivity (Wildman–Crippen MR) is 67.4 cm³/mol. The molecular weight excluding hydrogens is 233 g/mol. The van der Waals surface area contributed by atoms with Gasteiger partial charge in [0.05, 0.1) is 12.2 Å². The Balaban J connectivity index is 2.28. The molecule has 0 N–H and O–H groups in total. The zero-order valence-electron chi connectivity index (χ0n) is 11.0. The number of halogens is 1. The Morgan fingerprint density at radius 1 is 1.44 bits per heavy atom. The third-order valence-electron chi connectivity index (χ3n) is 3.24. The molecule has 0 saturated carbocycles. The van der Waals surface area contributed by atoms with Gasteiger partial charge in [0.1, 0.15) is 11.9 Å². The monoisotopic (exact) mass is 251 g/mol. The van der Waals surface area contributed by atoms with Crippen molar-refractivity contribution in [3.63, 3.8) is 0 Å². The molecule has 1 heterocycles. The summed E-state index contributed by atoms with van der Waals surface area (Å²) < 4.78 is 19.4. The molecule has 0 aromatic heterocycles. The third-order valence-corrected chi connectivity index (χ3v) is 3.24. The van der Waals surface area contributed by atoms with Gasteiger partial charge in [-0.3, -0.25) is 4.79 Å². The van der Waals surface area contributed by atoms with Crippen LogP contribution in [0, 0.1) is 19.7 Å². The lowest BCUT2D eigenvalue weighted by Crippen LogP contribution is -2.44. The maximum absolute atomic E-state index is 13.9. The van der Waals surface area contributed by atoms with Crippen molar-refractivity contribution in [2.45, 2.75) is 20.0 Å². The molecule has 4 heteroatoms. The smallest absolute Gasteiger partial charge is 0.196 e. The second-order valence-electron chi connectivity index (χ2n) is 4.92. The first-order valence-electron chi connectivity index (χ1n) is 6.10. The molecule has 18 heavy (non-hydrogen) atoms. The fourth-order valence-electron chi connectivity index (χ4n) is 2.33. The van der Waals surface area contributed by atoms with E-state index in [0.29, 0.717) is 18.7 Å². The van der Waals surface area contributed by atoms with E-state index in [1.54, 1.807) is 6.92 Å². The van der Waals surface area contributed by atoms with E-state index in [2.05, 4.69) is 0 Å². The second-order valence-corrected chi connectivity index (χ2v) is 4.92. The summed E-state index contributed by atoms with van der Waals surface area (Å²) in [5, 5.41) is 0. The van der Waals surface area contributed by atoms with Crippen LogP contribution in [-0.4, -0.2) is 43.5 Å². The third kappa shape index (κ3) is 2.60. The first-order valence-corrected chi connectivity index (χ1v) is 6.10. The van der Waals surface area contributed by atoms with Gasteiger partial charge in [-0.2, -0.15) is 0 Å². The summed E-state index contributed by atoms with van der Waals surface area (Å²) in [7, 11) is 1.93. The molecule has 2 rings (SSSR count). The van der Waals surface area contributed by atoms with Gasteiger partial charge in [0.2, 0.25) is 0 Å². The van der Waals surface area contributed by atoms with E-state index in [1.165, 1.54) is 6.07 Å². The number of aryl methyl sites for hydroxylation is 2. The molecule has 1 aromatic carbocycles. The Kier molecular flexibility index (Phi) is 3.78. The summed E-state index contributed by atoms with van der Waals surface area (Å²) in [4.78, 5) is 14.3. The number of ether oxygens (including phenoxy) is 1. The highest BCUT2D eigenvalue weighted by Gasteiger charge is 2.28. The minimum atomic E-state index is -0.556. The summed E-state index contributed by atoms with van der Waals surface area (Å²) >= 11 is 0. The Bertz CT molecular complexity index is 450. The lowest BCUT2D eigenvalue weighted by molar-refractivity contribution is -0.00887. The number of hydrogen-bond acceptors (Lipinski definition) is 3. The molecule has 1 unspecified atom stereocenters. The van der Waals surface area contributed by atoms with Gasteiger partial charge in [0.15, 0.2) is 5.78 Å². The SMILES string of the molecule is Cc1cc(C)c(C(=O)C2CN(C)CCO2)c(F)c1. The summed E-state index contributed by atoms with van der Waals surface area (Å²) in [5.74, 6) is -0.703. The van der Waals surface area contributed by atoms with Crippen LogP contribution in [0.1, 0.15) is 21.5 Å². The normalized spacial score (nSPS) is 21.0. The number of morpholine rings is 1. The minimum absolute atomic E-state index is 0.168. The Hall–Kier alpha value is -1.26. The zero-order chi connectivity index (χ0) is 13.3. The molecular formula is C14H18FNO2. The fraction of sp³-hybridized carbons (Fsp3) is 0.500. The maximum atomic E-state index is 13.9. The highest BCUT2D eigenvalue weighted by Crippen LogP contribution is 2.19. The Morgan fingerprint density at radius 3 is 2.78 bits per heavy atom. The quantitative estimate of drug-likeness (QED) is 0.752. The van der Waals surface area contributed by atoms with Crippen LogP contribution in [0.3, 0.4) is 0 Å². The Labute approximate surface area is 107 Å². The first kappa shape index (κ1) is 13.2. The van der Waals surface area contributed by atoms with Gasteiger partial charge >= 0.3 is 0 Å². The number of carbonyl (C=O) groups is 1. The lowest BCUT2D eigenvalue weighted by Gasteiger charge is -2.29. The number of Topliss-reactive ketones (excluding diaryl/α,β-unsaturated/α-hetero) is 1. The van der Waals surface area contributed by atoms with Crippen molar-refractivity contribution in [3.8, 4) is 0 Å². The molecule has 1 aliphatic heterocycles. The van der Waals surface area contributed by atoms with Gasteiger partial charge in [-0.25, -0.2) is 4.39 Å². The summed E-state index contributed by atoms with van der Waals surface area (Å²) in [6.45, 7) is 5.41. The predicted octanol–water partition coefficient (Wildman–Crippen LogP) is 1.96. The number of carbonyl (C=O) groups excluding carboxylic acids is 1. The second kappa shape index (κ2) is 5.16. The molecule has 0 aliphatic carbocycles. The van der Waals surface area contributed by atoms with E-state index in [4.69, 9.17) is 4.74 Å². The average Bonchev–Trinajstić information content (AvgIpc) is 2.27. The molecule has 0 radical (unpaired) electrons. The van der Waals surface area contributed by atoms with Gasteiger partial charge < -0.3 is 9.64 Å². The molecule has 1 aliphatic rings. The highest BCUT2D eigenvalue weighted by molar-refractivity contribution is 6.01. The number of ketones is 1. The molecule has 0 spiro atoms.